The number of carbonyl (C=O) groups is 2. The van der Waals surface area contributed by atoms with Crippen molar-refractivity contribution in [1.82, 2.24) is 20.2 Å². The third-order valence-electron chi connectivity index (χ3n) is 4.48. The molecule has 1 atom stereocenters. The van der Waals surface area contributed by atoms with Gasteiger partial charge in [0.1, 0.15) is 0 Å². The summed E-state index contributed by atoms with van der Waals surface area (Å²) in [7, 11) is 0. The molecule has 0 radical (unpaired) electrons. The molecule has 0 bridgehead atoms. The van der Waals surface area contributed by atoms with E-state index in [0.717, 1.165) is 51.9 Å². The van der Waals surface area contributed by atoms with Crippen molar-refractivity contribution in [3.63, 3.8) is 0 Å². The van der Waals surface area contributed by atoms with Crippen LogP contribution in [-0.2, 0) is 4.74 Å². The smallest absolute Gasteiger partial charge is 0.354 e. The lowest BCUT2D eigenvalue weighted by Gasteiger charge is -2.33. The quantitative estimate of drug-likeness (QED) is 0.728. The van der Waals surface area contributed by atoms with Gasteiger partial charge in [0.25, 0.3) is 5.91 Å². The first-order valence-corrected chi connectivity index (χ1v) is 8.05. The fraction of sp³-hybridized carbons (Fsp3) is 0.667. The maximum Gasteiger partial charge on any atom is 0.354 e. The lowest BCUT2D eigenvalue weighted by molar-refractivity contribution is 0.0611. The number of aromatic nitrogens is 2. The van der Waals surface area contributed by atoms with E-state index < -0.39 is 11.9 Å². The minimum atomic E-state index is -1.18. The topological polar surface area (TPSA) is 108 Å². The fourth-order valence-electron chi connectivity index (χ4n) is 3.22. The molecule has 3 rings (SSSR count). The summed E-state index contributed by atoms with van der Waals surface area (Å²) in [5, 5.41) is 11.9. The van der Waals surface area contributed by atoms with Crippen LogP contribution in [0.3, 0.4) is 0 Å². The predicted octanol–water partition coefficient (Wildman–Crippen LogP) is 0.481. The minimum Gasteiger partial charge on any atom is -0.477 e. The van der Waals surface area contributed by atoms with E-state index in [9.17, 15) is 9.59 Å². The molecule has 0 spiro atoms. The summed E-state index contributed by atoms with van der Waals surface area (Å²) in [6.45, 7) is 3.66. The van der Waals surface area contributed by atoms with Crippen LogP contribution in [0.2, 0.25) is 0 Å². The van der Waals surface area contributed by atoms with Crippen molar-refractivity contribution >= 4 is 11.9 Å². The molecule has 2 saturated heterocycles. The van der Waals surface area contributed by atoms with Crippen molar-refractivity contribution in [1.29, 1.82) is 0 Å². The van der Waals surface area contributed by atoms with E-state index in [-0.39, 0.29) is 17.4 Å². The van der Waals surface area contributed by atoms with E-state index in [1.165, 1.54) is 6.33 Å². The Morgan fingerprint density at radius 3 is 2.83 bits per heavy atom. The first kappa shape index (κ1) is 15.9. The Balaban J connectivity index is 1.47. The number of aromatic amines is 1. The zero-order chi connectivity index (χ0) is 16.2. The first-order valence-electron chi connectivity index (χ1n) is 8.05. The Morgan fingerprint density at radius 1 is 1.39 bits per heavy atom. The summed E-state index contributed by atoms with van der Waals surface area (Å²) in [4.78, 5) is 31.8. The molecule has 0 aromatic carbocycles. The zero-order valence-electron chi connectivity index (χ0n) is 13.0. The third-order valence-corrected chi connectivity index (χ3v) is 4.48. The number of nitrogens with one attached hydrogen (secondary N) is 2. The molecular formula is C15H22N4O4. The molecule has 126 valence electrons. The van der Waals surface area contributed by atoms with Crippen LogP contribution in [0, 0.1) is 0 Å². The molecule has 8 heteroatoms. The molecule has 23 heavy (non-hydrogen) atoms. The summed E-state index contributed by atoms with van der Waals surface area (Å²) >= 11 is 0. The molecule has 0 unspecified atom stereocenters. The number of amides is 1. The average molecular weight is 322 g/mol. The number of imidazole rings is 1. The van der Waals surface area contributed by atoms with Gasteiger partial charge in [-0.05, 0) is 25.7 Å². The second kappa shape index (κ2) is 7.10. The van der Waals surface area contributed by atoms with Crippen molar-refractivity contribution in [2.75, 3.05) is 26.2 Å². The second-order valence-corrected chi connectivity index (χ2v) is 6.11. The SMILES string of the molecule is O=C(NC1CCN(C[C@H]2CCCO2)CC1)c1nc[nH]c1C(=O)O. The summed E-state index contributed by atoms with van der Waals surface area (Å²) in [5.74, 6) is -1.61. The van der Waals surface area contributed by atoms with Gasteiger partial charge < -0.3 is 25.0 Å². The van der Waals surface area contributed by atoms with Crippen LogP contribution in [-0.4, -0.2) is 70.2 Å². The number of nitrogens with zero attached hydrogens (tertiary/aromatic N) is 2. The van der Waals surface area contributed by atoms with E-state index in [2.05, 4.69) is 20.2 Å². The molecule has 2 fully saturated rings. The van der Waals surface area contributed by atoms with E-state index in [4.69, 9.17) is 9.84 Å². The van der Waals surface area contributed by atoms with Gasteiger partial charge in [0.2, 0.25) is 0 Å². The van der Waals surface area contributed by atoms with E-state index >= 15 is 0 Å². The monoisotopic (exact) mass is 322 g/mol. The molecule has 2 aliphatic rings. The highest BCUT2D eigenvalue weighted by Gasteiger charge is 2.26. The van der Waals surface area contributed by atoms with Crippen molar-refractivity contribution in [2.45, 2.75) is 37.8 Å². The number of carboxylic acid groups (broad SMARTS) is 1. The summed E-state index contributed by atoms with van der Waals surface area (Å²) in [6.07, 6.45) is 5.56. The first-order chi connectivity index (χ1) is 11.1. The van der Waals surface area contributed by atoms with E-state index in [1.807, 2.05) is 0 Å². The molecule has 2 aliphatic heterocycles. The van der Waals surface area contributed by atoms with Crippen LogP contribution in [0.1, 0.15) is 46.7 Å². The maximum atomic E-state index is 12.2. The Labute approximate surface area is 134 Å². The van der Waals surface area contributed by atoms with Gasteiger partial charge in [0, 0.05) is 32.3 Å². The van der Waals surface area contributed by atoms with Gasteiger partial charge in [-0.1, -0.05) is 0 Å². The molecular weight excluding hydrogens is 300 g/mol. The number of rotatable bonds is 5. The molecule has 1 aromatic rings. The van der Waals surface area contributed by atoms with Gasteiger partial charge in [-0.25, -0.2) is 9.78 Å². The Bertz CT molecular complexity index is 560. The van der Waals surface area contributed by atoms with Crippen molar-refractivity contribution < 1.29 is 19.4 Å². The number of likely N-dealkylation sites (tertiary alicyclic amines) is 1. The molecule has 0 saturated carbocycles. The lowest BCUT2D eigenvalue weighted by atomic mass is 10.0. The van der Waals surface area contributed by atoms with Crippen LogP contribution in [0.4, 0.5) is 0 Å². The number of H-pyrrole nitrogens is 1. The molecule has 1 aromatic heterocycles. The number of ether oxygens (including phenoxy) is 1. The molecule has 3 heterocycles. The number of hydrogen-bond acceptors (Lipinski definition) is 5. The Hall–Kier alpha value is -1.93. The number of piperidine rings is 1. The van der Waals surface area contributed by atoms with Gasteiger partial charge >= 0.3 is 5.97 Å². The highest BCUT2D eigenvalue weighted by atomic mass is 16.5. The molecule has 8 nitrogen and oxygen atoms in total. The lowest BCUT2D eigenvalue weighted by Crippen LogP contribution is -2.46. The van der Waals surface area contributed by atoms with Gasteiger partial charge in [0.15, 0.2) is 11.4 Å². The highest BCUT2D eigenvalue weighted by Crippen LogP contribution is 2.17. The molecule has 1 amide bonds. The summed E-state index contributed by atoms with van der Waals surface area (Å²) in [6, 6.07) is 0.0570. The van der Waals surface area contributed by atoms with Gasteiger partial charge in [-0.3, -0.25) is 4.79 Å². The summed E-state index contributed by atoms with van der Waals surface area (Å²) < 4.78 is 5.65. The fourth-order valence-corrected chi connectivity index (χ4v) is 3.22. The zero-order valence-corrected chi connectivity index (χ0v) is 13.0. The van der Waals surface area contributed by atoms with Gasteiger partial charge in [-0.15, -0.1) is 0 Å². The number of hydrogen-bond donors (Lipinski definition) is 3. The van der Waals surface area contributed by atoms with Crippen LogP contribution in [0.15, 0.2) is 6.33 Å². The van der Waals surface area contributed by atoms with Gasteiger partial charge in [0.05, 0.1) is 12.4 Å². The summed E-state index contributed by atoms with van der Waals surface area (Å²) in [5.41, 5.74) is -0.224. The number of carboxylic acids is 1. The molecule has 0 aliphatic carbocycles. The van der Waals surface area contributed by atoms with E-state index in [0.29, 0.717) is 6.10 Å². The van der Waals surface area contributed by atoms with Crippen LogP contribution in [0.25, 0.3) is 0 Å². The second-order valence-electron chi connectivity index (χ2n) is 6.11. The van der Waals surface area contributed by atoms with Crippen LogP contribution < -0.4 is 5.32 Å². The Morgan fingerprint density at radius 2 is 2.17 bits per heavy atom. The minimum absolute atomic E-state index is 0.0562. The van der Waals surface area contributed by atoms with Gasteiger partial charge in [-0.2, -0.15) is 0 Å². The van der Waals surface area contributed by atoms with Crippen molar-refractivity contribution in [3.8, 4) is 0 Å². The van der Waals surface area contributed by atoms with Crippen LogP contribution in [0.5, 0.6) is 0 Å². The van der Waals surface area contributed by atoms with E-state index in [1.54, 1.807) is 0 Å². The van der Waals surface area contributed by atoms with Crippen LogP contribution >= 0.6 is 0 Å². The standard InChI is InChI=1S/C15H22N4O4/c20-14(12-13(15(21)22)17-9-16-12)18-10-3-5-19(6-4-10)8-11-2-1-7-23-11/h9-11H,1-8H2,(H,16,17)(H,18,20)(H,21,22)/t11-/m1/s1. The normalized spacial score (nSPS) is 23.0. The van der Waals surface area contributed by atoms with Crippen molar-refractivity contribution in [2.24, 2.45) is 0 Å². The highest BCUT2D eigenvalue weighted by molar-refractivity contribution is 6.02. The number of carbonyl (C=O) groups excluding carboxylic acids is 1. The largest absolute Gasteiger partial charge is 0.477 e. The Kier molecular flexibility index (Phi) is 4.92. The molecule has 3 N–H and O–H groups in total. The maximum absolute atomic E-state index is 12.2. The predicted molar refractivity (Wildman–Crippen MR) is 81.4 cm³/mol. The third kappa shape index (κ3) is 3.89. The average Bonchev–Trinajstić information content (AvgIpc) is 3.20. The van der Waals surface area contributed by atoms with Crippen molar-refractivity contribution in [3.05, 3.63) is 17.7 Å². The number of aromatic carboxylic acids is 1.